The number of para-hydroxylation sites is 2. The van der Waals surface area contributed by atoms with Crippen LogP contribution in [0.5, 0.6) is 0 Å². The van der Waals surface area contributed by atoms with Gasteiger partial charge in [-0.3, -0.25) is 4.57 Å². The molecule has 3 saturated heterocycles. The third kappa shape index (κ3) is 7.44. The first kappa shape index (κ1) is 30.1. The highest BCUT2D eigenvalue weighted by atomic mass is 19.3. The Kier molecular flexibility index (Phi) is 11.4. The monoisotopic (exact) mass is 559 g/mol. The van der Waals surface area contributed by atoms with Gasteiger partial charge in [-0.1, -0.05) is 32.4 Å². The number of morpholine rings is 1. The number of rotatable bonds is 5. The van der Waals surface area contributed by atoms with Gasteiger partial charge in [0.1, 0.15) is 11.6 Å². The second-order valence-electron chi connectivity index (χ2n) is 9.79. The number of hydrogen-bond acceptors (Lipinski definition) is 8. The zero-order chi connectivity index (χ0) is 28.3. The maximum absolute atomic E-state index is 13.6. The molecule has 0 bridgehead atoms. The van der Waals surface area contributed by atoms with E-state index in [1.807, 2.05) is 13.8 Å². The normalized spacial score (nSPS) is 18.6. The van der Waals surface area contributed by atoms with Gasteiger partial charge in [-0.15, -0.1) is 0 Å². The number of nitrogens with zero attached hydrogens (tertiary/aromatic N) is 6. The molecule has 3 aromatic rings. The number of likely N-dealkylation sites (tertiary alicyclic amines) is 1. The quantitative estimate of drug-likeness (QED) is 0.451. The smallest absolute Gasteiger partial charge is 0.296 e. The molecule has 0 aliphatic carbocycles. The third-order valence-corrected chi connectivity index (χ3v) is 7.37. The maximum atomic E-state index is 13.6. The standard InChI is InChI=1S/C17H18F2N6O.C10H19NO.C2H6/c1-20-17-22-13(24-6-8-26-9-7-24)10-14(23-17)25-12-5-3-2-4-11(12)21-16(25)15(18)19;1-2-6-11(7-3-1)10-4-8-12-9-5-10;1-2/h2-5,10,15H,6-9H2,1H3,(H,20,22,23);10H,1-9H2;1-2H3. The first-order valence-corrected chi connectivity index (χ1v) is 14.6. The number of nitrogens with one attached hydrogen (secondary N) is 1. The number of alkyl halides is 2. The minimum absolute atomic E-state index is 0.333. The van der Waals surface area contributed by atoms with E-state index in [1.165, 1.54) is 49.8 Å². The van der Waals surface area contributed by atoms with E-state index < -0.39 is 6.43 Å². The highest BCUT2D eigenvalue weighted by Crippen LogP contribution is 2.29. The predicted octanol–water partition coefficient (Wildman–Crippen LogP) is 5.31. The van der Waals surface area contributed by atoms with Crippen molar-refractivity contribution in [3.8, 4) is 5.82 Å². The number of aromatic nitrogens is 4. The van der Waals surface area contributed by atoms with Crippen molar-refractivity contribution >= 4 is 22.8 Å². The van der Waals surface area contributed by atoms with Crippen LogP contribution in [0.4, 0.5) is 20.5 Å². The SMILES string of the molecule is C1CCN(C2CCOCC2)CC1.CC.CNc1nc(N2CCOCC2)cc(-n2c(C(F)F)nc3ccccc32)n1. The second kappa shape index (κ2) is 15.2. The van der Waals surface area contributed by atoms with Crippen LogP contribution in [0.25, 0.3) is 16.9 Å². The second-order valence-corrected chi connectivity index (χ2v) is 9.79. The number of piperidine rings is 1. The van der Waals surface area contributed by atoms with Crippen LogP contribution in [-0.4, -0.2) is 90.1 Å². The summed E-state index contributed by atoms with van der Waals surface area (Å²) in [6, 6.07) is 9.59. The Labute approximate surface area is 235 Å². The van der Waals surface area contributed by atoms with Crippen molar-refractivity contribution < 1.29 is 18.3 Å². The Balaban J connectivity index is 0.000000220. The first-order valence-electron chi connectivity index (χ1n) is 14.6. The Bertz CT molecular complexity index is 1160. The molecule has 0 unspecified atom stereocenters. The molecule has 9 nitrogen and oxygen atoms in total. The molecule has 6 rings (SSSR count). The molecule has 2 aromatic heterocycles. The molecule has 220 valence electrons. The van der Waals surface area contributed by atoms with Gasteiger partial charge in [0.2, 0.25) is 5.95 Å². The van der Waals surface area contributed by atoms with Crippen molar-refractivity contribution in [2.24, 2.45) is 0 Å². The largest absolute Gasteiger partial charge is 0.381 e. The zero-order valence-corrected chi connectivity index (χ0v) is 24.0. The van der Waals surface area contributed by atoms with E-state index in [0.717, 1.165) is 19.3 Å². The molecule has 3 aliphatic rings. The van der Waals surface area contributed by atoms with Crippen LogP contribution in [-0.2, 0) is 9.47 Å². The van der Waals surface area contributed by atoms with Gasteiger partial charge >= 0.3 is 0 Å². The molecule has 1 N–H and O–H groups in total. The Hall–Kier alpha value is -2.89. The maximum Gasteiger partial charge on any atom is 0.296 e. The molecule has 5 heterocycles. The van der Waals surface area contributed by atoms with Crippen molar-refractivity contribution in [2.45, 2.75) is 58.4 Å². The van der Waals surface area contributed by atoms with Crippen molar-refractivity contribution in [1.82, 2.24) is 24.4 Å². The third-order valence-electron chi connectivity index (χ3n) is 7.37. The fourth-order valence-corrected chi connectivity index (χ4v) is 5.37. The van der Waals surface area contributed by atoms with Crippen molar-refractivity contribution in [1.29, 1.82) is 0 Å². The summed E-state index contributed by atoms with van der Waals surface area (Å²) in [5.74, 6) is 1.05. The van der Waals surface area contributed by atoms with Crippen LogP contribution >= 0.6 is 0 Å². The van der Waals surface area contributed by atoms with E-state index in [9.17, 15) is 8.78 Å². The predicted molar refractivity (Wildman–Crippen MR) is 155 cm³/mol. The molecule has 0 saturated carbocycles. The lowest BCUT2D eigenvalue weighted by Gasteiger charge is -2.36. The summed E-state index contributed by atoms with van der Waals surface area (Å²) >= 11 is 0. The fraction of sp³-hybridized carbons (Fsp3) is 0.621. The molecular formula is C29H43F2N7O2. The highest BCUT2D eigenvalue weighted by Gasteiger charge is 2.24. The van der Waals surface area contributed by atoms with Gasteiger partial charge in [0.05, 0.1) is 24.2 Å². The molecule has 3 aliphatic heterocycles. The summed E-state index contributed by atoms with van der Waals surface area (Å²) in [4.78, 5) is 17.7. The van der Waals surface area contributed by atoms with Crippen molar-refractivity contribution in [3.63, 3.8) is 0 Å². The minimum atomic E-state index is -2.72. The number of imidazole rings is 1. The van der Waals surface area contributed by atoms with Crippen LogP contribution in [0.15, 0.2) is 30.3 Å². The Morgan fingerprint density at radius 1 is 0.850 bits per heavy atom. The number of hydrogen-bond donors (Lipinski definition) is 1. The van der Waals surface area contributed by atoms with Gasteiger partial charge in [0, 0.05) is 45.5 Å². The van der Waals surface area contributed by atoms with Crippen LogP contribution < -0.4 is 10.2 Å². The van der Waals surface area contributed by atoms with Crippen LogP contribution in [0.2, 0.25) is 0 Å². The number of halogens is 2. The number of anilines is 2. The van der Waals surface area contributed by atoms with Gasteiger partial charge in [-0.05, 0) is 50.9 Å². The van der Waals surface area contributed by atoms with E-state index in [0.29, 0.717) is 54.9 Å². The summed E-state index contributed by atoms with van der Waals surface area (Å²) < 4.78 is 39.4. The van der Waals surface area contributed by atoms with Gasteiger partial charge < -0.3 is 24.6 Å². The lowest BCUT2D eigenvalue weighted by atomic mass is 10.0. The number of fused-ring (bicyclic) bond motifs is 1. The molecule has 0 atom stereocenters. The molecule has 1 aromatic carbocycles. The summed E-state index contributed by atoms with van der Waals surface area (Å²) in [6.07, 6.45) is 4.08. The highest BCUT2D eigenvalue weighted by molar-refractivity contribution is 5.78. The Morgan fingerprint density at radius 2 is 1.50 bits per heavy atom. The van der Waals surface area contributed by atoms with Gasteiger partial charge in [0.15, 0.2) is 5.82 Å². The minimum Gasteiger partial charge on any atom is -0.381 e. The van der Waals surface area contributed by atoms with Crippen molar-refractivity contribution in [3.05, 3.63) is 36.2 Å². The zero-order valence-electron chi connectivity index (χ0n) is 24.0. The topological polar surface area (TPSA) is 80.6 Å². The van der Waals surface area contributed by atoms with E-state index in [-0.39, 0.29) is 5.82 Å². The lowest BCUT2D eigenvalue weighted by Crippen LogP contribution is -2.42. The molecule has 0 spiro atoms. The molecule has 0 amide bonds. The lowest BCUT2D eigenvalue weighted by molar-refractivity contribution is 0.0274. The molecule has 11 heteroatoms. The Morgan fingerprint density at radius 3 is 2.17 bits per heavy atom. The van der Waals surface area contributed by atoms with Gasteiger partial charge in [-0.2, -0.15) is 9.97 Å². The fourth-order valence-electron chi connectivity index (χ4n) is 5.37. The van der Waals surface area contributed by atoms with Gasteiger partial charge in [0.25, 0.3) is 6.43 Å². The average molecular weight is 560 g/mol. The van der Waals surface area contributed by atoms with Crippen LogP contribution in [0, 0.1) is 0 Å². The van der Waals surface area contributed by atoms with Crippen LogP contribution in [0.3, 0.4) is 0 Å². The summed E-state index contributed by atoms with van der Waals surface area (Å²) in [7, 11) is 1.70. The molecule has 3 fully saturated rings. The number of benzene rings is 1. The molecular weight excluding hydrogens is 516 g/mol. The summed E-state index contributed by atoms with van der Waals surface area (Å²) in [5.41, 5.74) is 1.08. The summed E-state index contributed by atoms with van der Waals surface area (Å²) in [6.45, 7) is 11.2. The first-order chi connectivity index (χ1) is 19.6. The van der Waals surface area contributed by atoms with Crippen LogP contribution in [0.1, 0.15) is 58.2 Å². The number of ether oxygens (including phenoxy) is 2. The van der Waals surface area contributed by atoms with E-state index in [4.69, 9.17) is 9.47 Å². The van der Waals surface area contributed by atoms with Crippen molar-refractivity contribution in [2.75, 3.05) is 69.9 Å². The van der Waals surface area contributed by atoms with Gasteiger partial charge in [-0.25, -0.2) is 13.8 Å². The summed E-state index contributed by atoms with van der Waals surface area (Å²) in [5, 5.41) is 2.90. The molecule has 40 heavy (non-hydrogen) atoms. The van der Waals surface area contributed by atoms with E-state index in [1.54, 1.807) is 37.4 Å². The van der Waals surface area contributed by atoms with E-state index >= 15 is 0 Å². The van der Waals surface area contributed by atoms with E-state index in [2.05, 4.69) is 30.1 Å². The average Bonchev–Trinajstić information content (AvgIpc) is 3.44. The molecule has 0 radical (unpaired) electrons.